The maximum absolute atomic E-state index is 12.5. The van der Waals surface area contributed by atoms with E-state index < -0.39 is 24.5 Å². The number of nitrogens with one attached hydrogen (secondary N) is 1. The van der Waals surface area contributed by atoms with E-state index in [1.807, 2.05) is 0 Å². The molecular weight excluding hydrogens is 411 g/mol. The van der Waals surface area contributed by atoms with Gasteiger partial charge in [0.1, 0.15) is 5.69 Å². The lowest BCUT2D eigenvalue weighted by atomic mass is 10.0. The van der Waals surface area contributed by atoms with Crippen molar-refractivity contribution in [3.8, 4) is 28.5 Å². The van der Waals surface area contributed by atoms with Gasteiger partial charge in [-0.2, -0.15) is 27.8 Å². The van der Waals surface area contributed by atoms with E-state index in [0.29, 0.717) is 27.5 Å². The summed E-state index contributed by atoms with van der Waals surface area (Å²) in [6.07, 6.45) is -3.02. The number of rotatable bonds is 4. The van der Waals surface area contributed by atoms with Crippen LogP contribution in [-0.2, 0) is 0 Å². The predicted molar refractivity (Wildman–Crippen MR) is 98.8 cm³/mol. The minimum Gasteiger partial charge on any atom is -0.455 e. The molecule has 0 amide bonds. The highest BCUT2D eigenvalue weighted by Crippen LogP contribution is 2.34. The van der Waals surface area contributed by atoms with Gasteiger partial charge in [-0.15, -0.1) is 0 Å². The highest BCUT2D eigenvalue weighted by molar-refractivity contribution is 6.30. The van der Waals surface area contributed by atoms with Gasteiger partial charge in [-0.05, 0) is 29.8 Å². The summed E-state index contributed by atoms with van der Waals surface area (Å²) in [5.41, 5.74) is 1.02. The Hall–Kier alpha value is -3.40. The molecule has 4 rings (SSSR count). The van der Waals surface area contributed by atoms with Crippen LogP contribution < -0.4 is 10.4 Å². The number of fused-ring (bicyclic) bond motifs is 1. The van der Waals surface area contributed by atoms with Gasteiger partial charge in [0, 0.05) is 11.2 Å². The second-order valence-electron chi connectivity index (χ2n) is 5.93. The standard InChI is InChI=1S/C18H11ClF3N5O2/c19-11-6-4-10(5-7-11)13-14(12-3-1-2-8-23-12)26-27-15(13)24-16(25-17(27)28)29-9-18(20,21)22/h1-8H,9H2,(H,24,25,28). The molecule has 0 atom stereocenters. The highest BCUT2D eigenvalue weighted by Gasteiger charge is 2.29. The quantitative estimate of drug-likeness (QED) is 0.542. The SMILES string of the molecule is O=c1[nH]c(OCC(F)(F)F)nc2c(-c3ccc(Cl)cc3)c(-c3ccccn3)nn12. The maximum Gasteiger partial charge on any atom is 0.422 e. The van der Waals surface area contributed by atoms with Crippen LogP contribution in [0.15, 0.2) is 53.5 Å². The molecule has 0 bridgehead atoms. The number of halogens is 4. The van der Waals surface area contributed by atoms with Crippen LogP contribution in [0.2, 0.25) is 5.02 Å². The lowest BCUT2D eigenvalue weighted by Crippen LogP contribution is -2.24. The third-order valence-electron chi connectivity index (χ3n) is 3.89. The van der Waals surface area contributed by atoms with Gasteiger partial charge in [0.2, 0.25) is 0 Å². The Morgan fingerprint density at radius 3 is 2.55 bits per heavy atom. The van der Waals surface area contributed by atoms with Crippen LogP contribution in [0, 0.1) is 0 Å². The zero-order valence-electron chi connectivity index (χ0n) is 14.4. The first-order chi connectivity index (χ1) is 13.8. The third kappa shape index (κ3) is 3.92. The molecule has 1 N–H and O–H groups in total. The number of ether oxygens (including phenoxy) is 1. The average molecular weight is 422 g/mol. The monoisotopic (exact) mass is 421 g/mol. The van der Waals surface area contributed by atoms with E-state index in [4.69, 9.17) is 11.6 Å². The first kappa shape index (κ1) is 18.9. The van der Waals surface area contributed by atoms with Gasteiger partial charge in [0.25, 0.3) is 6.01 Å². The molecule has 0 aliphatic rings. The molecule has 3 heterocycles. The summed E-state index contributed by atoms with van der Waals surface area (Å²) < 4.78 is 43.0. The van der Waals surface area contributed by atoms with Crippen molar-refractivity contribution < 1.29 is 17.9 Å². The average Bonchev–Trinajstić information content (AvgIpc) is 3.07. The van der Waals surface area contributed by atoms with Gasteiger partial charge >= 0.3 is 11.9 Å². The summed E-state index contributed by atoms with van der Waals surface area (Å²) in [6.45, 7) is -1.59. The Balaban J connectivity index is 1.95. The van der Waals surface area contributed by atoms with Crippen molar-refractivity contribution in [1.29, 1.82) is 0 Å². The van der Waals surface area contributed by atoms with Crippen LogP contribution in [0.1, 0.15) is 0 Å². The first-order valence-electron chi connectivity index (χ1n) is 8.22. The van der Waals surface area contributed by atoms with Gasteiger partial charge in [0.05, 0.1) is 11.3 Å². The number of aromatic nitrogens is 5. The minimum absolute atomic E-state index is 0.0221. The van der Waals surface area contributed by atoms with E-state index in [1.54, 1.807) is 48.7 Å². The van der Waals surface area contributed by atoms with E-state index in [1.165, 1.54) is 0 Å². The second kappa shape index (κ2) is 7.21. The molecule has 148 valence electrons. The fraction of sp³-hybridized carbons (Fsp3) is 0.111. The van der Waals surface area contributed by atoms with Crippen molar-refractivity contribution in [2.24, 2.45) is 0 Å². The summed E-state index contributed by atoms with van der Waals surface area (Å²) in [7, 11) is 0. The number of hydrogen-bond donors (Lipinski definition) is 1. The summed E-state index contributed by atoms with van der Waals surface area (Å²) in [5, 5.41) is 4.76. The van der Waals surface area contributed by atoms with Crippen molar-refractivity contribution in [2.45, 2.75) is 6.18 Å². The molecule has 1 aromatic carbocycles. The zero-order valence-corrected chi connectivity index (χ0v) is 15.2. The van der Waals surface area contributed by atoms with E-state index in [2.05, 4.69) is 24.8 Å². The Bertz CT molecular complexity index is 1220. The van der Waals surface area contributed by atoms with Gasteiger partial charge in [-0.3, -0.25) is 9.97 Å². The normalized spacial score (nSPS) is 11.7. The Morgan fingerprint density at radius 1 is 1.14 bits per heavy atom. The molecule has 0 spiro atoms. The van der Waals surface area contributed by atoms with Crippen LogP contribution in [0.25, 0.3) is 28.2 Å². The van der Waals surface area contributed by atoms with Crippen molar-refractivity contribution in [3.63, 3.8) is 0 Å². The fourth-order valence-electron chi connectivity index (χ4n) is 2.71. The van der Waals surface area contributed by atoms with Crippen LogP contribution in [0.4, 0.5) is 13.2 Å². The van der Waals surface area contributed by atoms with E-state index in [0.717, 1.165) is 4.52 Å². The van der Waals surface area contributed by atoms with Crippen LogP contribution in [-0.4, -0.2) is 37.3 Å². The number of pyridine rings is 1. The van der Waals surface area contributed by atoms with Crippen molar-refractivity contribution in [3.05, 3.63) is 64.2 Å². The smallest absolute Gasteiger partial charge is 0.422 e. The molecule has 7 nitrogen and oxygen atoms in total. The largest absolute Gasteiger partial charge is 0.455 e. The van der Waals surface area contributed by atoms with Gasteiger partial charge in [-0.25, -0.2) is 4.79 Å². The van der Waals surface area contributed by atoms with Crippen molar-refractivity contribution >= 4 is 17.2 Å². The minimum atomic E-state index is -4.58. The predicted octanol–water partition coefficient (Wildman–Crippen LogP) is 3.74. The third-order valence-corrected chi connectivity index (χ3v) is 4.14. The number of nitrogens with zero attached hydrogens (tertiary/aromatic N) is 4. The summed E-state index contributed by atoms with van der Waals surface area (Å²) >= 11 is 5.95. The Labute approximate surface area is 165 Å². The van der Waals surface area contributed by atoms with Crippen molar-refractivity contribution in [1.82, 2.24) is 24.6 Å². The Kier molecular flexibility index (Phi) is 4.71. The summed E-state index contributed by atoms with van der Waals surface area (Å²) in [4.78, 5) is 22.8. The molecule has 0 saturated heterocycles. The van der Waals surface area contributed by atoms with Gasteiger partial charge < -0.3 is 4.74 Å². The highest BCUT2D eigenvalue weighted by atomic mass is 35.5. The molecule has 11 heteroatoms. The summed E-state index contributed by atoms with van der Waals surface area (Å²) in [5.74, 6) is 0. The molecule has 0 unspecified atom stereocenters. The lowest BCUT2D eigenvalue weighted by molar-refractivity contribution is -0.154. The van der Waals surface area contributed by atoms with Crippen molar-refractivity contribution in [2.75, 3.05) is 6.61 Å². The number of benzene rings is 1. The van der Waals surface area contributed by atoms with Gasteiger partial charge in [-0.1, -0.05) is 29.8 Å². The topological polar surface area (TPSA) is 85.2 Å². The molecule has 0 aliphatic heterocycles. The van der Waals surface area contributed by atoms with E-state index >= 15 is 0 Å². The van der Waals surface area contributed by atoms with Gasteiger partial charge in [0.15, 0.2) is 12.3 Å². The molecule has 29 heavy (non-hydrogen) atoms. The first-order valence-corrected chi connectivity index (χ1v) is 8.59. The van der Waals surface area contributed by atoms with E-state index in [9.17, 15) is 18.0 Å². The fourth-order valence-corrected chi connectivity index (χ4v) is 2.83. The lowest BCUT2D eigenvalue weighted by Gasteiger charge is -2.08. The van der Waals surface area contributed by atoms with Crippen LogP contribution in [0.5, 0.6) is 6.01 Å². The Morgan fingerprint density at radius 2 is 1.90 bits per heavy atom. The maximum atomic E-state index is 12.5. The number of H-pyrrole nitrogens is 1. The number of aromatic amines is 1. The van der Waals surface area contributed by atoms with Crippen LogP contribution in [0.3, 0.4) is 0 Å². The molecule has 0 radical (unpaired) electrons. The molecular formula is C18H11ClF3N5O2. The molecule has 0 aliphatic carbocycles. The number of alkyl halides is 3. The zero-order chi connectivity index (χ0) is 20.6. The number of hydrogen-bond acceptors (Lipinski definition) is 5. The van der Waals surface area contributed by atoms with Crippen LogP contribution >= 0.6 is 11.6 Å². The second-order valence-corrected chi connectivity index (χ2v) is 6.37. The molecule has 4 aromatic rings. The molecule has 0 saturated carbocycles. The molecule has 3 aromatic heterocycles. The van der Waals surface area contributed by atoms with E-state index in [-0.39, 0.29) is 5.65 Å². The molecule has 0 fully saturated rings. The summed E-state index contributed by atoms with van der Waals surface area (Å²) in [6, 6.07) is 11.2.